The number of ether oxygens (including phenoxy) is 1. The van der Waals surface area contributed by atoms with Crippen LogP contribution in [0.25, 0.3) is 10.2 Å². The van der Waals surface area contributed by atoms with E-state index >= 15 is 0 Å². The number of esters is 1. The second kappa shape index (κ2) is 5.35. The van der Waals surface area contributed by atoms with Gasteiger partial charge in [0.1, 0.15) is 6.04 Å². The van der Waals surface area contributed by atoms with Gasteiger partial charge < -0.3 is 4.74 Å². The largest absolute Gasteiger partial charge is 0.464 e. The van der Waals surface area contributed by atoms with E-state index in [-0.39, 0.29) is 10.8 Å². The van der Waals surface area contributed by atoms with Crippen molar-refractivity contribution in [2.24, 2.45) is 0 Å². The maximum absolute atomic E-state index is 12.0. The first-order chi connectivity index (χ1) is 8.69. The van der Waals surface area contributed by atoms with Crippen molar-refractivity contribution >= 4 is 27.5 Å². The predicted octanol–water partition coefficient (Wildman–Crippen LogP) is 2.58. The number of hydrogen-bond acceptors (Lipinski definition) is 4. The maximum atomic E-state index is 12.0. The second-order valence-corrected chi connectivity index (χ2v) is 4.87. The van der Waals surface area contributed by atoms with Gasteiger partial charge in [-0.2, -0.15) is 0 Å². The van der Waals surface area contributed by atoms with Gasteiger partial charge in [-0.15, -0.1) is 0 Å². The van der Waals surface area contributed by atoms with Gasteiger partial charge in [-0.05, 0) is 25.5 Å². The highest BCUT2D eigenvalue weighted by atomic mass is 32.1. The number of carbonyl (C=O) groups excluding carboxylic acids is 1. The van der Waals surface area contributed by atoms with E-state index in [1.807, 2.05) is 31.2 Å². The van der Waals surface area contributed by atoms with Crippen LogP contribution in [0.15, 0.2) is 29.1 Å². The van der Waals surface area contributed by atoms with Crippen LogP contribution in [0.3, 0.4) is 0 Å². The Kier molecular flexibility index (Phi) is 3.81. The van der Waals surface area contributed by atoms with Gasteiger partial charge in [0, 0.05) is 0 Å². The van der Waals surface area contributed by atoms with Gasteiger partial charge in [0.05, 0.1) is 16.8 Å². The predicted molar refractivity (Wildman–Crippen MR) is 72.0 cm³/mol. The average Bonchev–Trinajstić information content (AvgIpc) is 2.68. The number of aromatic nitrogens is 1. The number of thiazole rings is 1. The van der Waals surface area contributed by atoms with Crippen molar-refractivity contribution in [1.29, 1.82) is 0 Å². The highest BCUT2D eigenvalue weighted by Crippen LogP contribution is 2.22. The van der Waals surface area contributed by atoms with Crippen molar-refractivity contribution in [1.82, 2.24) is 4.57 Å². The molecule has 5 heteroatoms. The molecule has 0 aliphatic rings. The van der Waals surface area contributed by atoms with Gasteiger partial charge in [0.2, 0.25) is 0 Å². The molecule has 0 N–H and O–H groups in total. The third-order valence-corrected chi connectivity index (χ3v) is 3.71. The Hall–Kier alpha value is -1.62. The van der Waals surface area contributed by atoms with Crippen LogP contribution in [0, 0.1) is 0 Å². The van der Waals surface area contributed by atoms with Crippen LogP contribution in [-0.4, -0.2) is 17.1 Å². The number of rotatable bonds is 4. The molecule has 0 aliphatic heterocycles. The molecular formula is C13H15NO3S. The summed E-state index contributed by atoms with van der Waals surface area (Å²) in [5.41, 5.74) is 0.799. The summed E-state index contributed by atoms with van der Waals surface area (Å²) in [6.45, 7) is 3.96. The van der Waals surface area contributed by atoms with Crippen LogP contribution in [-0.2, 0) is 9.53 Å². The molecule has 1 unspecified atom stereocenters. The molecule has 1 aromatic heterocycles. The number of para-hydroxylation sites is 1. The summed E-state index contributed by atoms with van der Waals surface area (Å²) in [5, 5.41) is 0. The van der Waals surface area contributed by atoms with Gasteiger partial charge >= 0.3 is 10.8 Å². The summed E-state index contributed by atoms with van der Waals surface area (Å²) in [4.78, 5) is 23.8. The molecule has 0 saturated carbocycles. The van der Waals surface area contributed by atoms with E-state index in [0.29, 0.717) is 13.0 Å². The molecule has 1 aromatic carbocycles. The molecule has 0 aliphatic carbocycles. The summed E-state index contributed by atoms with van der Waals surface area (Å²) in [5.74, 6) is -0.342. The number of hydrogen-bond donors (Lipinski definition) is 0. The molecule has 1 atom stereocenters. The average molecular weight is 265 g/mol. The highest BCUT2D eigenvalue weighted by molar-refractivity contribution is 7.16. The third-order valence-electron chi connectivity index (χ3n) is 2.78. The molecule has 0 fully saturated rings. The van der Waals surface area contributed by atoms with Gasteiger partial charge in [-0.25, -0.2) is 4.79 Å². The Labute approximate surface area is 109 Å². The van der Waals surface area contributed by atoms with Crippen LogP contribution >= 0.6 is 11.3 Å². The van der Waals surface area contributed by atoms with Crippen LogP contribution in [0.2, 0.25) is 0 Å². The van der Waals surface area contributed by atoms with Gasteiger partial charge in [-0.1, -0.05) is 30.4 Å². The quantitative estimate of drug-likeness (QED) is 0.798. The monoisotopic (exact) mass is 265 g/mol. The smallest absolute Gasteiger partial charge is 0.329 e. The van der Waals surface area contributed by atoms with Crippen LogP contribution < -0.4 is 4.87 Å². The second-order valence-electron chi connectivity index (χ2n) is 3.88. The van der Waals surface area contributed by atoms with E-state index in [9.17, 15) is 9.59 Å². The lowest BCUT2D eigenvalue weighted by molar-refractivity contribution is -0.147. The molecular weight excluding hydrogens is 250 g/mol. The SMILES string of the molecule is CCOC(=O)C(CC)n1c(=O)sc2ccccc21. The Bertz CT molecular complexity index is 614. The summed E-state index contributed by atoms with van der Waals surface area (Å²) >= 11 is 1.16. The molecule has 96 valence electrons. The fourth-order valence-corrected chi connectivity index (χ4v) is 2.90. The topological polar surface area (TPSA) is 48.3 Å². The van der Waals surface area contributed by atoms with E-state index in [2.05, 4.69) is 0 Å². The van der Waals surface area contributed by atoms with Crippen LogP contribution in [0.4, 0.5) is 0 Å². The lowest BCUT2D eigenvalue weighted by atomic mass is 10.2. The minimum atomic E-state index is -0.534. The zero-order chi connectivity index (χ0) is 13.1. The van der Waals surface area contributed by atoms with Crippen molar-refractivity contribution in [3.05, 3.63) is 33.9 Å². The molecule has 0 bridgehead atoms. The zero-order valence-corrected chi connectivity index (χ0v) is 11.2. The van der Waals surface area contributed by atoms with Crippen LogP contribution in [0.5, 0.6) is 0 Å². The van der Waals surface area contributed by atoms with E-state index in [0.717, 1.165) is 21.6 Å². The Morgan fingerprint density at radius 2 is 2.11 bits per heavy atom. The van der Waals surface area contributed by atoms with Crippen molar-refractivity contribution in [3.63, 3.8) is 0 Å². The van der Waals surface area contributed by atoms with E-state index in [1.54, 1.807) is 6.92 Å². The molecule has 0 radical (unpaired) electrons. The molecule has 2 rings (SSSR count). The van der Waals surface area contributed by atoms with Crippen molar-refractivity contribution in [3.8, 4) is 0 Å². The van der Waals surface area contributed by atoms with E-state index in [4.69, 9.17) is 4.74 Å². The number of benzene rings is 1. The lowest BCUT2D eigenvalue weighted by Gasteiger charge is -2.15. The normalized spacial score (nSPS) is 12.6. The molecule has 0 amide bonds. The first-order valence-electron chi connectivity index (χ1n) is 5.95. The lowest BCUT2D eigenvalue weighted by Crippen LogP contribution is -2.27. The van der Waals surface area contributed by atoms with Crippen molar-refractivity contribution in [2.45, 2.75) is 26.3 Å². The Balaban J connectivity index is 2.54. The van der Waals surface area contributed by atoms with Gasteiger partial charge in [0.25, 0.3) is 0 Å². The first kappa shape index (κ1) is 12.8. The van der Waals surface area contributed by atoms with E-state index < -0.39 is 6.04 Å². The fourth-order valence-electron chi connectivity index (χ4n) is 1.97. The summed E-state index contributed by atoms with van der Waals surface area (Å²) in [7, 11) is 0. The molecule has 0 saturated heterocycles. The number of nitrogens with zero attached hydrogens (tertiary/aromatic N) is 1. The number of fused-ring (bicyclic) bond motifs is 1. The minimum Gasteiger partial charge on any atom is -0.464 e. The maximum Gasteiger partial charge on any atom is 0.329 e. The first-order valence-corrected chi connectivity index (χ1v) is 6.77. The number of carbonyl (C=O) groups is 1. The summed E-state index contributed by atoms with van der Waals surface area (Å²) < 4.78 is 7.46. The summed E-state index contributed by atoms with van der Waals surface area (Å²) in [6.07, 6.45) is 0.541. The van der Waals surface area contributed by atoms with Gasteiger partial charge in [0.15, 0.2) is 0 Å². The standard InChI is InChI=1S/C13H15NO3S/c1-3-9(12(15)17-4-2)14-10-7-5-6-8-11(10)18-13(14)16/h5-9H,3-4H2,1-2H3. The van der Waals surface area contributed by atoms with Crippen molar-refractivity contribution < 1.29 is 9.53 Å². The molecule has 0 spiro atoms. The fraction of sp³-hybridized carbons (Fsp3) is 0.385. The Morgan fingerprint density at radius 3 is 2.78 bits per heavy atom. The Morgan fingerprint density at radius 1 is 1.39 bits per heavy atom. The van der Waals surface area contributed by atoms with Gasteiger partial charge in [-0.3, -0.25) is 9.36 Å². The third kappa shape index (κ3) is 2.18. The highest BCUT2D eigenvalue weighted by Gasteiger charge is 2.23. The molecule has 2 aromatic rings. The zero-order valence-electron chi connectivity index (χ0n) is 10.4. The minimum absolute atomic E-state index is 0.115. The van der Waals surface area contributed by atoms with E-state index in [1.165, 1.54) is 4.57 Å². The van der Waals surface area contributed by atoms with Crippen LogP contribution in [0.1, 0.15) is 26.3 Å². The summed E-state index contributed by atoms with van der Waals surface area (Å²) in [6, 6.07) is 6.95. The molecule has 18 heavy (non-hydrogen) atoms. The van der Waals surface area contributed by atoms with Crippen molar-refractivity contribution in [2.75, 3.05) is 6.61 Å². The molecule has 1 heterocycles. The molecule has 4 nitrogen and oxygen atoms in total.